The molecule has 23 heavy (non-hydrogen) atoms. The smallest absolute Gasteiger partial charge is 0.410 e. The van der Waals surface area contributed by atoms with Gasteiger partial charge in [-0.3, -0.25) is 0 Å². The number of carbonyl (C=O) groups is 1. The highest BCUT2D eigenvalue weighted by Gasteiger charge is 2.45. The van der Waals surface area contributed by atoms with E-state index >= 15 is 0 Å². The molecule has 0 aromatic heterocycles. The molecule has 0 unspecified atom stereocenters. The number of benzene rings is 1. The summed E-state index contributed by atoms with van der Waals surface area (Å²) in [5.41, 5.74) is 2.43. The van der Waals surface area contributed by atoms with Crippen molar-refractivity contribution in [3.63, 3.8) is 0 Å². The minimum Gasteiger partial charge on any atom is -0.444 e. The molecule has 1 fully saturated rings. The third-order valence-corrected chi connectivity index (χ3v) is 5.96. The van der Waals surface area contributed by atoms with E-state index in [2.05, 4.69) is 23.1 Å². The highest BCUT2D eigenvalue weighted by atomic mass is 32.2. The maximum absolute atomic E-state index is 12.4. The standard InChI is InChI=1S/C18H24N2O2S/c1-18(2,3)22-17(21)19-8-7-14-13(11-19)12-5-4-6-15-16(12)20(14)9-10-23-15/h4-6,13-14H,7-11H2,1-3H3/t13-,14-/m1/s1. The van der Waals surface area contributed by atoms with E-state index in [9.17, 15) is 4.79 Å². The molecule has 3 aliphatic heterocycles. The summed E-state index contributed by atoms with van der Waals surface area (Å²) < 4.78 is 5.57. The second kappa shape index (κ2) is 5.33. The van der Waals surface area contributed by atoms with Gasteiger partial charge in [0.2, 0.25) is 0 Å². The molecule has 2 atom stereocenters. The number of rotatable bonds is 0. The van der Waals surface area contributed by atoms with E-state index in [1.807, 2.05) is 37.4 Å². The van der Waals surface area contributed by atoms with Crippen molar-refractivity contribution in [2.75, 3.05) is 30.3 Å². The van der Waals surface area contributed by atoms with Crippen LogP contribution in [0, 0.1) is 0 Å². The Labute approximate surface area is 142 Å². The summed E-state index contributed by atoms with van der Waals surface area (Å²) in [5.74, 6) is 1.58. The fourth-order valence-corrected chi connectivity index (χ4v) is 5.12. The molecule has 0 bridgehead atoms. The van der Waals surface area contributed by atoms with Crippen LogP contribution < -0.4 is 4.90 Å². The highest BCUT2D eigenvalue weighted by Crippen LogP contribution is 2.50. The number of nitrogens with zero attached hydrogens (tertiary/aromatic N) is 2. The molecule has 3 heterocycles. The average Bonchev–Trinajstić information content (AvgIpc) is 2.82. The Hall–Kier alpha value is -1.36. The zero-order chi connectivity index (χ0) is 16.2. The molecular formula is C18H24N2O2S. The fourth-order valence-electron chi connectivity index (χ4n) is 4.07. The van der Waals surface area contributed by atoms with Crippen molar-refractivity contribution in [1.29, 1.82) is 0 Å². The fraction of sp³-hybridized carbons (Fsp3) is 0.611. The van der Waals surface area contributed by atoms with Crippen LogP contribution in [0.25, 0.3) is 0 Å². The molecule has 1 saturated heterocycles. The molecule has 3 aliphatic rings. The quantitative estimate of drug-likeness (QED) is 0.725. The van der Waals surface area contributed by atoms with E-state index in [-0.39, 0.29) is 6.09 Å². The van der Waals surface area contributed by atoms with Crippen molar-refractivity contribution < 1.29 is 9.53 Å². The van der Waals surface area contributed by atoms with Crippen molar-refractivity contribution in [2.45, 2.75) is 49.6 Å². The molecular weight excluding hydrogens is 308 g/mol. The van der Waals surface area contributed by atoms with Gasteiger partial charge in [0, 0.05) is 42.2 Å². The highest BCUT2D eigenvalue weighted by molar-refractivity contribution is 7.99. The van der Waals surface area contributed by atoms with Gasteiger partial charge in [-0.05, 0) is 38.8 Å². The van der Waals surface area contributed by atoms with Crippen LogP contribution in [0.2, 0.25) is 0 Å². The summed E-state index contributed by atoms with van der Waals surface area (Å²) in [6, 6.07) is 7.20. The van der Waals surface area contributed by atoms with Gasteiger partial charge < -0.3 is 14.5 Å². The van der Waals surface area contributed by atoms with Crippen molar-refractivity contribution in [1.82, 2.24) is 4.90 Å². The van der Waals surface area contributed by atoms with Crippen LogP contribution in [-0.4, -0.2) is 48.0 Å². The Kier molecular flexibility index (Phi) is 3.52. The van der Waals surface area contributed by atoms with Gasteiger partial charge in [0.1, 0.15) is 5.60 Å². The summed E-state index contributed by atoms with van der Waals surface area (Å²) in [7, 11) is 0. The predicted octanol–water partition coefficient (Wildman–Crippen LogP) is 3.71. The van der Waals surface area contributed by atoms with Crippen LogP contribution >= 0.6 is 11.8 Å². The summed E-state index contributed by atoms with van der Waals surface area (Å²) in [6.07, 6.45) is 0.860. The Morgan fingerprint density at radius 1 is 1.30 bits per heavy atom. The maximum atomic E-state index is 12.4. The number of para-hydroxylation sites is 1. The van der Waals surface area contributed by atoms with Gasteiger partial charge in [0.15, 0.2) is 0 Å². The number of thioether (sulfide) groups is 1. The van der Waals surface area contributed by atoms with Crippen LogP contribution in [-0.2, 0) is 4.74 Å². The summed E-state index contributed by atoms with van der Waals surface area (Å²) >= 11 is 1.96. The van der Waals surface area contributed by atoms with E-state index in [0.717, 1.165) is 31.8 Å². The van der Waals surface area contributed by atoms with Crippen LogP contribution in [0.15, 0.2) is 23.1 Å². The Balaban J connectivity index is 1.59. The number of hydrogen-bond donors (Lipinski definition) is 0. The second-order valence-electron chi connectivity index (χ2n) is 7.62. The molecule has 1 aromatic carbocycles. The number of amides is 1. The average molecular weight is 332 g/mol. The number of ether oxygens (including phenoxy) is 1. The zero-order valence-corrected chi connectivity index (χ0v) is 14.9. The number of hydrogen-bond acceptors (Lipinski definition) is 4. The molecule has 0 saturated carbocycles. The number of likely N-dealkylation sites (tertiary alicyclic amines) is 1. The van der Waals surface area contributed by atoms with Gasteiger partial charge in [0.25, 0.3) is 0 Å². The van der Waals surface area contributed by atoms with E-state index in [1.54, 1.807) is 0 Å². The van der Waals surface area contributed by atoms with Crippen molar-refractivity contribution in [2.24, 2.45) is 0 Å². The lowest BCUT2D eigenvalue weighted by Crippen LogP contribution is -2.50. The third-order valence-electron chi connectivity index (χ3n) is 4.94. The topological polar surface area (TPSA) is 32.8 Å². The first-order valence-corrected chi connectivity index (χ1v) is 9.43. The minimum absolute atomic E-state index is 0.170. The van der Waals surface area contributed by atoms with Crippen LogP contribution in [0.5, 0.6) is 0 Å². The lowest BCUT2D eigenvalue weighted by Gasteiger charge is -2.40. The molecule has 0 spiro atoms. The number of piperidine rings is 1. The van der Waals surface area contributed by atoms with Gasteiger partial charge >= 0.3 is 6.09 Å². The molecule has 124 valence electrons. The van der Waals surface area contributed by atoms with E-state index in [0.29, 0.717) is 12.0 Å². The Morgan fingerprint density at radius 3 is 2.91 bits per heavy atom. The normalized spacial score (nSPS) is 25.9. The number of fused-ring (bicyclic) bond motifs is 3. The van der Waals surface area contributed by atoms with Crippen molar-refractivity contribution in [3.05, 3.63) is 23.8 Å². The molecule has 0 N–H and O–H groups in total. The molecule has 0 radical (unpaired) electrons. The van der Waals surface area contributed by atoms with Crippen molar-refractivity contribution in [3.8, 4) is 0 Å². The predicted molar refractivity (Wildman–Crippen MR) is 93.5 cm³/mol. The molecule has 1 amide bonds. The monoisotopic (exact) mass is 332 g/mol. The van der Waals surface area contributed by atoms with E-state index < -0.39 is 5.60 Å². The minimum atomic E-state index is -0.430. The second-order valence-corrected chi connectivity index (χ2v) is 8.76. The van der Waals surface area contributed by atoms with Crippen LogP contribution in [0.4, 0.5) is 10.5 Å². The Morgan fingerprint density at radius 2 is 2.13 bits per heavy atom. The van der Waals surface area contributed by atoms with Gasteiger partial charge in [-0.25, -0.2) is 4.79 Å². The lowest BCUT2D eigenvalue weighted by atomic mass is 9.89. The molecule has 4 nitrogen and oxygen atoms in total. The van der Waals surface area contributed by atoms with Gasteiger partial charge in [-0.15, -0.1) is 11.8 Å². The maximum Gasteiger partial charge on any atom is 0.410 e. The molecule has 4 rings (SSSR count). The zero-order valence-electron chi connectivity index (χ0n) is 14.0. The molecule has 1 aromatic rings. The summed E-state index contributed by atoms with van der Waals surface area (Å²) in [5, 5.41) is 0. The van der Waals surface area contributed by atoms with Gasteiger partial charge in [-0.1, -0.05) is 12.1 Å². The first-order chi connectivity index (χ1) is 10.9. The number of carbonyl (C=O) groups excluding carboxylic acids is 1. The van der Waals surface area contributed by atoms with Gasteiger partial charge in [-0.2, -0.15) is 0 Å². The molecule has 0 aliphatic carbocycles. The van der Waals surface area contributed by atoms with Crippen LogP contribution in [0.3, 0.4) is 0 Å². The lowest BCUT2D eigenvalue weighted by molar-refractivity contribution is 0.0189. The summed E-state index contributed by atoms with van der Waals surface area (Å²) in [4.78, 5) is 18.3. The van der Waals surface area contributed by atoms with Gasteiger partial charge in [0.05, 0.1) is 5.69 Å². The Bertz CT molecular complexity index is 640. The number of anilines is 1. The third kappa shape index (κ3) is 2.59. The SMILES string of the molecule is CC(C)(C)OC(=O)N1CC[C@@H]2[C@H](C1)c1cccc3c1N2CCS3. The largest absolute Gasteiger partial charge is 0.444 e. The van der Waals surface area contributed by atoms with Crippen molar-refractivity contribution >= 4 is 23.5 Å². The van der Waals surface area contributed by atoms with Crippen LogP contribution in [0.1, 0.15) is 38.7 Å². The first kappa shape index (κ1) is 15.2. The van der Waals surface area contributed by atoms with E-state index in [4.69, 9.17) is 4.74 Å². The van der Waals surface area contributed by atoms with E-state index in [1.165, 1.54) is 16.1 Å². The molecule has 5 heteroatoms. The summed E-state index contributed by atoms with van der Waals surface area (Å²) in [6.45, 7) is 8.48. The first-order valence-electron chi connectivity index (χ1n) is 8.44.